The Morgan fingerprint density at radius 3 is 2.62 bits per heavy atom. The standard InChI is InChI=1S/C19H30O2/c1-18-9-7-13(20)11-12(18)3-4-14-15-5-6-17(21)19(15,2)10-8-16(14)18/h3,13-17,20-21H,4-11H2,1-2H3/t13-,14-,15?,16?,17-,18-,19-/m0/s1. The van der Waals surface area contributed by atoms with Gasteiger partial charge in [0.1, 0.15) is 0 Å². The molecule has 0 aliphatic heterocycles. The van der Waals surface area contributed by atoms with Gasteiger partial charge in [-0.1, -0.05) is 25.5 Å². The van der Waals surface area contributed by atoms with Gasteiger partial charge in [0.25, 0.3) is 0 Å². The maximum Gasteiger partial charge on any atom is 0.0596 e. The highest BCUT2D eigenvalue weighted by Gasteiger charge is 2.58. The van der Waals surface area contributed by atoms with Crippen molar-refractivity contribution in [3.8, 4) is 0 Å². The van der Waals surface area contributed by atoms with Crippen molar-refractivity contribution >= 4 is 0 Å². The van der Waals surface area contributed by atoms with Crippen LogP contribution in [-0.2, 0) is 0 Å². The van der Waals surface area contributed by atoms with Crippen molar-refractivity contribution in [3.05, 3.63) is 11.6 Å². The Kier molecular flexibility index (Phi) is 3.11. The van der Waals surface area contributed by atoms with Crippen LogP contribution in [0.3, 0.4) is 0 Å². The van der Waals surface area contributed by atoms with Gasteiger partial charge in [0.05, 0.1) is 12.2 Å². The Morgan fingerprint density at radius 2 is 1.81 bits per heavy atom. The number of allylic oxidation sites excluding steroid dienone is 1. The second kappa shape index (κ2) is 4.58. The smallest absolute Gasteiger partial charge is 0.0596 e. The predicted molar refractivity (Wildman–Crippen MR) is 83.7 cm³/mol. The van der Waals surface area contributed by atoms with E-state index in [-0.39, 0.29) is 17.6 Å². The molecule has 0 saturated heterocycles. The number of rotatable bonds is 0. The van der Waals surface area contributed by atoms with Crippen LogP contribution in [0, 0.1) is 28.6 Å². The fourth-order valence-electron chi connectivity index (χ4n) is 6.61. The quantitative estimate of drug-likeness (QED) is 0.668. The second-order valence-electron chi connectivity index (χ2n) is 8.79. The number of hydrogen-bond acceptors (Lipinski definition) is 2. The summed E-state index contributed by atoms with van der Waals surface area (Å²) in [5, 5.41) is 20.5. The van der Waals surface area contributed by atoms with Crippen LogP contribution in [-0.4, -0.2) is 22.4 Å². The van der Waals surface area contributed by atoms with Crippen molar-refractivity contribution in [1.82, 2.24) is 0 Å². The van der Waals surface area contributed by atoms with Crippen molar-refractivity contribution in [1.29, 1.82) is 0 Å². The van der Waals surface area contributed by atoms with Crippen molar-refractivity contribution in [3.63, 3.8) is 0 Å². The molecule has 4 rings (SSSR count). The van der Waals surface area contributed by atoms with E-state index in [1.54, 1.807) is 5.57 Å². The van der Waals surface area contributed by atoms with Crippen molar-refractivity contribution in [2.45, 2.75) is 77.4 Å². The third-order valence-electron chi connectivity index (χ3n) is 8.03. The molecule has 21 heavy (non-hydrogen) atoms. The second-order valence-corrected chi connectivity index (χ2v) is 8.79. The van der Waals surface area contributed by atoms with Gasteiger partial charge in [0.15, 0.2) is 0 Å². The normalized spacial score (nSPS) is 56.2. The first-order chi connectivity index (χ1) is 9.95. The third-order valence-corrected chi connectivity index (χ3v) is 8.03. The first-order valence-electron chi connectivity index (χ1n) is 9.01. The molecule has 0 aromatic rings. The lowest BCUT2D eigenvalue weighted by atomic mass is 9.48. The molecule has 0 aromatic heterocycles. The zero-order valence-corrected chi connectivity index (χ0v) is 13.5. The van der Waals surface area contributed by atoms with Gasteiger partial charge in [0, 0.05) is 0 Å². The van der Waals surface area contributed by atoms with E-state index in [1.165, 1.54) is 25.7 Å². The molecule has 3 fully saturated rings. The Labute approximate surface area is 128 Å². The molecule has 0 amide bonds. The fraction of sp³-hybridized carbons (Fsp3) is 0.895. The maximum absolute atomic E-state index is 10.5. The number of hydrogen-bond donors (Lipinski definition) is 2. The van der Waals surface area contributed by atoms with E-state index in [9.17, 15) is 10.2 Å². The van der Waals surface area contributed by atoms with Crippen LogP contribution in [0.4, 0.5) is 0 Å². The first-order valence-corrected chi connectivity index (χ1v) is 9.01. The highest BCUT2D eigenvalue weighted by molar-refractivity contribution is 5.25. The summed E-state index contributed by atoms with van der Waals surface area (Å²) in [7, 11) is 0. The molecule has 2 heteroatoms. The molecule has 4 aliphatic carbocycles. The van der Waals surface area contributed by atoms with Crippen LogP contribution in [0.25, 0.3) is 0 Å². The highest BCUT2D eigenvalue weighted by Crippen LogP contribution is 2.64. The van der Waals surface area contributed by atoms with Crippen molar-refractivity contribution in [2.24, 2.45) is 28.6 Å². The van der Waals surface area contributed by atoms with Gasteiger partial charge < -0.3 is 10.2 Å². The maximum atomic E-state index is 10.5. The fourth-order valence-corrected chi connectivity index (χ4v) is 6.61. The summed E-state index contributed by atoms with van der Waals surface area (Å²) in [5.41, 5.74) is 2.05. The predicted octanol–water partition coefficient (Wildman–Crippen LogP) is 3.67. The summed E-state index contributed by atoms with van der Waals surface area (Å²) in [6, 6.07) is 0. The Morgan fingerprint density at radius 1 is 1.00 bits per heavy atom. The monoisotopic (exact) mass is 290 g/mol. The zero-order valence-electron chi connectivity index (χ0n) is 13.5. The Balaban J connectivity index is 1.68. The molecule has 0 aromatic carbocycles. The van der Waals surface area contributed by atoms with E-state index in [2.05, 4.69) is 19.9 Å². The van der Waals surface area contributed by atoms with E-state index in [0.717, 1.165) is 37.5 Å². The summed E-state index contributed by atoms with van der Waals surface area (Å²) in [6.07, 6.45) is 11.2. The molecular weight excluding hydrogens is 260 g/mol. The number of aliphatic hydroxyl groups is 2. The average molecular weight is 290 g/mol. The minimum absolute atomic E-state index is 0.0742. The summed E-state index contributed by atoms with van der Waals surface area (Å²) < 4.78 is 0. The topological polar surface area (TPSA) is 40.5 Å². The van der Waals surface area contributed by atoms with E-state index in [0.29, 0.717) is 11.3 Å². The minimum Gasteiger partial charge on any atom is -0.393 e. The van der Waals surface area contributed by atoms with E-state index in [1.807, 2.05) is 0 Å². The molecule has 7 atom stereocenters. The van der Waals surface area contributed by atoms with Crippen LogP contribution in [0.5, 0.6) is 0 Å². The average Bonchev–Trinajstić information content (AvgIpc) is 2.76. The van der Waals surface area contributed by atoms with Gasteiger partial charge in [-0.05, 0) is 80.0 Å². The lowest BCUT2D eigenvalue weighted by Gasteiger charge is -2.57. The first kappa shape index (κ1) is 14.3. The summed E-state index contributed by atoms with van der Waals surface area (Å²) in [4.78, 5) is 0. The lowest BCUT2D eigenvalue weighted by Crippen LogP contribution is -2.51. The van der Waals surface area contributed by atoms with Crippen LogP contribution in [0.15, 0.2) is 11.6 Å². The molecule has 0 spiro atoms. The number of fused-ring (bicyclic) bond motifs is 5. The molecule has 4 aliphatic rings. The van der Waals surface area contributed by atoms with Gasteiger partial charge in [-0.3, -0.25) is 0 Å². The van der Waals surface area contributed by atoms with Crippen molar-refractivity contribution in [2.75, 3.05) is 0 Å². The van der Waals surface area contributed by atoms with E-state index >= 15 is 0 Å². The Bertz CT molecular complexity index is 470. The Hall–Kier alpha value is -0.340. The van der Waals surface area contributed by atoms with Crippen LogP contribution in [0.1, 0.15) is 65.2 Å². The number of aliphatic hydroxyl groups excluding tert-OH is 2. The molecule has 0 bridgehead atoms. The van der Waals surface area contributed by atoms with Gasteiger partial charge >= 0.3 is 0 Å². The van der Waals surface area contributed by atoms with Gasteiger partial charge in [-0.15, -0.1) is 0 Å². The van der Waals surface area contributed by atoms with Crippen molar-refractivity contribution < 1.29 is 10.2 Å². The summed E-state index contributed by atoms with van der Waals surface area (Å²) >= 11 is 0. The third kappa shape index (κ3) is 1.84. The molecule has 2 N–H and O–H groups in total. The molecule has 0 radical (unpaired) electrons. The zero-order chi connectivity index (χ0) is 14.8. The highest BCUT2D eigenvalue weighted by atomic mass is 16.3. The van der Waals surface area contributed by atoms with E-state index in [4.69, 9.17) is 0 Å². The molecule has 2 unspecified atom stereocenters. The molecule has 3 saturated carbocycles. The van der Waals surface area contributed by atoms with Gasteiger partial charge in [-0.25, -0.2) is 0 Å². The summed E-state index contributed by atoms with van der Waals surface area (Å²) in [5.74, 6) is 2.27. The lowest BCUT2D eigenvalue weighted by molar-refractivity contribution is -0.0711. The molecule has 2 nitrogen and oxygen atoms in total. The van der Waals surface area contributed by atoms with Crippen LogP contribution < -0.4 is 0 Å². The largest absolute Gasteiger partial charge is 0.393 e. The SMILES string of the molecule is C[C@]12CC[C@H](O)CC1=CC[C@@H]1C2CC[C@@]2(C)C1CC[C@@H]2O. The summed E-state index contributed by atoms with van der Waals surface area (Å²) in [6.45, 7) is 4.81. The molecular formula is C19H30O2. The molecule has 0 heterocycles. The minimum atomic E-state index is -0.108. The van der Waals surface area contributed by atoms with Crippen LogP contribution in [0.2, 0.25) is 0 Å². The van der Waals surface area contributed by atoms with Gasteiger partial charge in [-0.2, -0.15) is 0 Å². The van der Waals surface area contributed by atoms with E-state index < -0.39 is 0 Å². The van der Waals surface area contributed by atoms with Gasteiger partial charge in [0.2, 0.25) is 0 Å². The molecule has 118 valence electrons. The van der Waals surface area contributed by atoms with Crippen LogP contribution >= 0.6 is 0 Å².